The molecule has 0 bridgehead atoms. The van der Waals surface area contributed by atoms with Crippen molar-refractivity contribution >= 4 is 50.2 Å². The van der Waals surface area contributed by atoms with Gasteiger partial charge in [-0.25, -0.2) is 4.79 Å². The Kier molecular flexibility index (Phi) is 6.85. The van der Waals surface area contributed by atoms with Gasteiger partial charge in [-0.15, -0.1) is 0 Å². The van der Waals surface area contributed by atoms with Crippen LogP contribution >= 0.6 is 15.9 Å². The van der Waals surface area contributed by atoms with Gasteiger partial charge in [0.1, 0.15) is 5.60 Å². The van der Waals surface area contributed by atoms with Gasteiger partial charge in [-0.1, -0.05) is 15.9 Å². The second kappa shape index (κ2) is 9.20. The smallest absolute Gasteiger partial charge is 0.410 e. The summed E-state index contributed by atoms with van der Waals surface area (Å²) in [4.78, 5) is 31.5. The summed E-state index contributed by atoms with van der Waals surface area (Å²) in [5.74, 6) is -0.401. The van der Waals surface area contributed by atoms with E-state index in [2.05, 4.69) is 31.5 Å². The fourth-order valence-electron chi connectivity index (χ4n) is 3.55. The third-order valence-corrected chi connectivity index (χ3v) is 5.38. The van der Waals surface area contributed by atoms with E-state index < -0.39 is 5.60 Å². The molecule has 30 heavy (non-hydrogen) atoms. The van der Waals surface area contributed by atoms with Crippen molar-refractivity contribution in [1.29, 1.82) is 0 Å². The first kappa shape index (κ1) is 22.3. The molecule has 1 aliphatic rings. The topological polar surface area (TPSA) is 83.6 Å². The van der Waals surface area contributed by atoms with Crippen LogP contribution in [0.2, 0.25) is 0 Å². The number of amides is 2. The number of nitrogens with one attached hydrogen (secondary N) is 2. The highest BCUT2D eigenvalue weighted by atomic mass is 79.9. The van der Waals surface area contributed by atoms with Crippen molar-refractivity contribution in [2.24, 2.45) is 5.92 Å². The molecule has 1 atom stereocenters. The molecule has 3 rings (SSSR count). The quantitative estimate of drug-likeness (QED) is 0.647. The van der Waals surface area contributed by atoms with Gasteiger partial charge < -0.3 is 20.3 Å². The molecule has 1 aromatic carbocycles. The Hall–Kier alpha value is -2.35. The van der Waals surface area contributed by atoms with Crippen LogP contribution in [-0.2, 0) is 9.53 Å². The number of aromatic nitrogens is 1. The standard InChI is InChI=1S/C22H29BrN4O3/c1-5-24-19-16-9-8-15(23)11-17(16)25-12-18(19)26-20(28)14-7-6-10-27(13-14)21(29)30-22(2,3)4/h8-9,11-12,14H,5-7,10,13H2,1-4H3,(H,24,25)(H,26,28)/t14-/m0/s1. The predicted octanol–water partition coefficient (Wildman–Crippen LogP) is 5.01. The second-order valence-corrected chi connectivity index (χ2v) is 9.41. The number of halogens is 1. The van der Waals surface area contributed by atoms with Gasteiger partial charge in [0.2, 0.25) is 5.91 Å². The number of rotatable bonds is 4. The van der Waals surface area contributed by atoms with E-state index in [-0.39, 0.29) is 17.9 Å². The zero-order chi connectivity index (χ0) is 21.9. The van der Waals surface area contributed by atoms with Crippen LogP contribution in [-0.4, -0.2) is 47.1 Å². The molecule has 2 heterocycles. The van der Waals surface area contributed by atoms with Gasteiger partial charge in [0.25, 0.3) is 0 Å². The van der Waals surface area contributed by atoms with E-state index >= 15 is 0 Å². The van der Waals surface area contributed by atoms with E-state index in [4.69, 9.17) is 4.74 Å². The van der Waals surface area contributed by atoms with Crippen molar-refractivity contribution in [3.63, 3.8) is 0 Å². The summed E-state index contributed by atoms with van der Waals surface area (Å²) in [5.41, 5.74) is 1.78. The molecule has 0 spiro atoms. The van der Waals surface area contributed by atoms with Crippen LogP contribution in [0.1, 0.15) is 40.5 Å². The third-order valence-electron chi connectivity index (χ3n) is 4.89. The number of anilines is 2. The van der Waals surface area contributed by atoms with E-state index in [0.717, 1.165) is 33.9 Å². The van der Waals surface area contributed by atoms with Crippen LogP contribution in [0.25, 0.3) is 10.9 Å². The highest BCUT2D eigenvalue weighted by molar-refractivity contribution is 9.10. The molecule has 1 aliphatic heterocycles. The Labute approximate surface area is 185 Å². The summed E-state index contributed by atoms with van der Waals surface area (Å²) >= 11 is 3.47. The number of ether oxygens (including phenoxy) is 1. The van der Waals surface area contributed by atoms with Gasteiger partial charge in [-0.3, -0.25) is 9.78 Å². The number of pyridine rings is 1. The number of nitrogens with zero attached hydrogens (tertiary/aromatic N) is 2. The Morgan fingerprint density at radius 3 is 2.80 bits per heavy atom. The number of hydrogen-bond donors (Lipinski definition) is 2. The molecule has 1 saturated heterocycles. The lowest BCUT2D eigenvalue weighted by Crippen LogP contribution is -2.45. The molecule has 1 aromatic heterocycles. The first-order chi connectivity index (χ1) is 14.2. The number of carbonyl (C=O) groups is 2. The van der Waals surface area contributed by atoms with E-state index in [1.54, 1.807) is 11.1 Å². The number of carbonyl (C=O) groups excluding carboxylic acids is 2. The fraction of sp³-hybridized carbons (Fsp3) is 0.500. The summed E-state index contributed by atoms with van der Waals surface area (Å²) in [7, 11) is 0. The molecule has 0 saturated carbocycles. The Balaban J connectivity index is 1.76. The lowest BCUT2D eigenvalue weighted by molar-refractivity contribution is -0.121. The largest absolute Gasteiger partial charge is 0.444 e. The van der Waals surface area contributed by atoms with Gasteiger partial charge in [-0.05, 0) is 58.7 Å². The Morgan fingerprint density at radius 2 is 2.10 bits per heavy atom. The minimum atomic E-state index is -0.557. The molecule has 1 fully saturated rings. The van der Waals surface area contributed by atoms with E-state index in [1.165, 1.54) is 0 Å². The zero-order valence-electron chi connectivity index (χ0n) is 17.9. The summed E-state index contributed by atoms with van der Waals surface area (Å²) in [6.45, 7) is 9.20. The molecule has 2 N–H and O–H groups in total. The maximum absolute atomic E-state index is 13.0. The highest BCUT2D eigenvalue weighted by Crippen LogP contribution is 2.32. The van der Waals surface area contributed by atoms with Gasteiger partial charge in [0.05, 0.1) is 29.0 Å². The normalized spacial score (nSPS) is 17.0. The fourth-order valence-corrected chi connectivity index (χ4v) is 3.90. The van der Waals surface area contributed by atoms with Gasteiger partial charge in [0, 0.05) is 29.5 Å². The number of fused-ring (bicyclic) bond motifs is 1. The van der Waals surface area contributed by atoms with Crippen LogP contribution in [0.15, 0.2) is 28.9 Å². The average molecular weight is 477 g/mol. The van der Waals surface area contributed by atoms with Crippen LogP contribution in [0.5, 0.6) is 0 Å². The number of hydrogen-bond acceptors (Lipinski definition) is 5. The lowest BCUT2D eigenvalue weighted by Gasteiger charge is -2.33. The summed E-state index contributed by atoms with van der Waals surface area (Å²) < 4.78 is 6.41. The van der Waals surface area contributed by atoms with Crippen molar-refractivity contribution in [3.05, 3.63) is 28.9 Å². The van der Waals surface area contributed by atoms with E-state index in [1.807, 2.05) is 45.9 Å². The van der Waals surface area contributed by atoms with Gasteiger partial charge >= 0.3 is 6.09 Å². The van der Waals surface area contributed by atoms with Crippen LogP contribution < -0.4 is 10.6 Å². The van der Waals surface area contributed by atoms with Crippen molar-refractivity contribution in [3.8, 4) is 0 Å². The molecule has 0 radical (unpaired) electrons. The molecular weight excluding hydrogens is 448 g/mol. The van der Waals surface area contributed by atoms with Crippen LogP contribution in [0, 0.1) is 5.92 Å². The molecule has 8 heteroatoms. The first-order valence-corrected chi connectivity index (χ1v) is 11.1. The first-order valence-electron chi connectivity index (χ1n) is 10.3. The summed E-state index contributed by atoms with van der Waals surface area (Å²) in [6, 6.07) is 5.88. The highest BCUT2D eigenvalue weighted by Gasteiger charge is 2.31. The average Bonchev–Trinajstić information content (AvgIpc) is 2.68. The molecule has 2 amide bonds. The Bertz CT molecular complexity index is 942. The van der Waals surface area contributed by atoms with Gasteiger partial charge in [0.15, 0.2) is 0 Å². The minimum Gasteiger partial charge on any atom is -0.444 e. The monoisotopic (exact) mass is 476 g/mol. The van der Waals surface area contributed by atoms with Crippen LogP contribution in [0.4, 0.5) is 16.2 Å². The minimum absolute atomic E-state index is 0.110. The third kappa shape index (κ3) is 5.41. The molecule has 0 unspecified atom stereocenters. The second-order valence-electron chi connectivity index (χ2n) is 8.49. The van der Waals surface area contributed by atoms with E-state index in [0.29, 0.717) is 25.3 Å². The lowest BCUT2D eigenvalue weighted by atomic mass is 9.97. The molecule has 7 nitrogen and oxygen atoms in total. The maximum atomic E-state index is 13.0. The van der Waals surface area contributed by atoms with Crippen molar-refractivity contribution in [2.45, 2.75) is 46.1 Å². The number of piperidine rings is 1. The van der Waals surface area contributed by atoms with E-state index in [9.17, 15) is 9.59 Å². The predicted molar refractivity (Wildman–Crippen MR) is 123 cm³/mol. The van der Waals surface area contributed by atoms with Crippen molar-refractivity contribution in [2.75, 3.05) is 30.3 Å². The maximum Gasteiger partial charge on any atom is 0.410 e. The summed E-state index contributed by atoms with van der Waals surface area (Å²) in [5, 5.41) is 7.31. The molecular formula is C22H29BrN4O3. The Morgan fingerprint density at radius 1 is 1.33 bits per heavy atom. The number of benzene rings is 1. The molecule has 162 valence electrons. The number of likely N-dealkylation sites (tertiary alicyclic amines) is 1. The van der Waals surface area contributed by atoms with Gasteiger partial charge in [-0.2, -0.15) is 0 Å². The van der Waals surface area contributed by atoms with Crippen LogP contribution in [0.3, 0.4) is 0 Å². The summed E-state index contributed by atoms with van der Waals surface area (Å²) in [6.07, 6.45) is 2.81. The molecule has 0 aliphatic carbocycles. The molecule has 2 aromatic rings. The van der Waals surface area contributed by atoms with Crippen molar-refractivity contribution < 1.29 is 14.3 Å². The zero-order valence-corrected chi connectivity index (χ0v) is 19.5. The SMILES string of the molecule is CCNc1c(NC(=O)[C@H]2CCCN(C(=O)OC(C)(C)C)C2)cnc2cc(Br)ccc12. The van der Waals surface area contributed by atoms with Crippen molar-refractivity contribution in [1.82, 2.24) is 9.88 Å².